The fourth-order valence-electron chi connectivity index (χ4n) is 3.42. The van der Waals surface area contributed by atoms with E-state index in [-0.39, 0.29) is 17.1 Å². The number of imide groups is 1. The molecule has 29 heavy (non-hydrogen) atoms. The lowest BCUT2D eigenvalue weighted by Gasteiger charge is -2.25. The van der Waals surface area contributed by atoms with Gasteiger partial charge in [-0.15, -0.1) is 0 Å². The van der Waals surface area contributed by atoms with E-state index in [1.165, 1.54) is 30.1 Å². The van der Waals surface area contributed by atoms with Gasteiger partial charge in [0.2, 0.25) is 5.91 Å². The highest BCUT2D eigenvalue weighted by atomic mass is 35.5. The molecule has 1 aliphatic rings. The van der Waals surface area contributed by atoms with Gasteiger partial charge in [-0.05, 0) is 37.1 Å². The molecule has 1 saturated heterocycles. The molecule has 1 heterocycles. The van der Waals surface area contributed by atoms with Gasteiger partial charge in [-0.3, -0.25) is 14.5 Å². The van der Waals surface area contributed by atoms with E-state index in [4.69, 9.17) is 11.6 Å². The van der Waals surface area contributed by atoms with Crippen LogP contribution in [0.1, 0.15) is 23.6 Å². The number of rotatable bonds is 5. The van der Waals surface area contributed by atoms with E-state index in [9.17, 15) is 18.8 Å². The highest BCUT2D eigenvalue weighted by Crippen LogP contribution is 2.31. The molecule has 1 N–H and O–H groups in total. The number of nitrogens with zero attached hydrogens (tertiary/aromatic N) is 2. The third kappa shape index (κ3) is 3.82. The molecule has 4 amide bonds. The fourth-order valence-corrected chi connectivity index (χ4v) is 3.64. The van der Waals surface area contributed by atoms with Crippen molar-refractivity contribution in [3.63, 3.8) is 0 Å². The van der Waals surface area contributed by atoms with Crippen LogP contribution in [-0.2, 0) is 21.7 Å². The van der Waals surface area contributed by atoms with Crippen molar-refractivity contribution < 1.29 is 18.8 Å². The smallest absolute Gasteiger partial charge is 0.325 e. The number of likely N-dealkylation sites (N-methyl/N-ethyl adjacent to an activating group) is 1. The molecule has 6 nitrogen and oxygen atoms in total. The molecule has 1 aliphatic heterocycles. The number of aryl methyl sites for hydroxylation is 1. The molecule has 3 rings (SSSR count). The second-order valence-electron chi connectivity index (χ2n) is 7.21. The Bertz CT molecular complexity index is 977. The van der Waals surface area contributed by atoms with Crippen LogP contribution in [0.25, 0.3) is 0 Å². The summed E-state index contributed by atoms with van der Waals surface area (Å²) in [5.41, 5.74) is 0.436. The zero-order chi connectivity index (χ0) is 21.3. The monoisotopic (exact) mass is 417 g/mol. The van der Waals surface area contributed by atoms with Gasteiger partial charge in [0.25, 0.3) is 5.91 Å². The lowest BCUT2D eigenvalue weighted by molar-refractivity contribution is -0.138. The molecule has 0 radical (unpaired) electrons. The maximum atomic E-state index is 14.0. The maximum absolute atomic E-state index is 14.0. The number of halogens is 2. The topological polar surface area (TPSA) is 69.7 Å². The fraction of sp³-hybridized carbons (Fsp3) is 0.286. The van der Waals surface area contributed by atoms with Gasteiger partial charge in [0.05, 0.1) is 0 Å². The van der Waals surface area contributed by atoms with Crippen molar-refractivity contribution in [2.45, 2.75) is 25.9 Å². The van der Waals surface area contributed by atoms with Gasteiger partial charge in [-0.1, -0.05) is 41.9 Å². The zero-order valence-electron chi connectivity index (χ0n) is 16.3. The quantitative estimate of drug-likeness (QED) is 0.759. The minimum absolute atomic E-state index is 0.0803. The third-order valence-electron chi connectivity index (χ3n) is 5.13. The van der Waals surface area contributed by atoms with E-state index in [0.29, 0.717) is 5.56 Å². The Kier molecular flexibility index (Phi) is 5.61. The van der Waals surface area contributed by atoms with Crippen molar-refractivity contribution in [2.75, 3.05) is 13.6 Å². The summed E-state index contributed by atoms with van der Waals surface area (Å²) in [6.07, 6.45) is 0. The molecular weight excluding hydrogens is 397 g/mol. The number of urea groups is 1. The van der Waals surface area contributed by atoms with Gasteiger partial charge in [0.1, 0.15) is 17.9 Å². The molecule has 0 spiro atoms. The Morgan fingerprint density at radius 1 is 1.21 bits per heavy atom. The van der Waals surface area contributed by atoms with Crippen molar-refractivity contribution in [1.82, 2.24) is 15.1 Å². The van der Waals surface area contributed by atoms with Crippen LogP contribution in [0, 0.1) is 12.7 Å². The lowest BCUT2D eigenvalue weighted by atomic mass is 9.88. The first-order chi connectivity index (χ1) is 13.6. The Balaban J connectivity index is 1.76. The van der Waals surface area contributed by atoms with E-state index in [2.05, 4.69) is 5.32 Å². The number of carbonyl (C=O) groups is 3. The molecule has 0 bridgehead atoms. The Labute approximate surface area is 173 Å². The lowest BCUT2D eigenvalue weighted by Crippen LogP contribution is -2.43. The van der Waals surface area contributed by atoms with Crippen molar-refractivity contribution in [1.29, 1.82) is 0 Å². The minimum Gasteiger partial charge on any atom is -0.340 e. The van der Waals surface area contributed by atoms with Crippen LogP contribution in [-0.4, -0.2) is 41.2 Å². The molecule has 0 aromatic heterocycles. The molecular formula is C21H21ClFN3O3. The van der Waals surface area contributed by atoms with E-state index < -0.39 is 35.7 Å². The standard InChI is InChI=1S/C21H21ClFN3O3/c1-13-7-4-5-8-15(13)21(2)19(28)26(20(29)24-21)12-18(27)25(3)11-14-16(22)9-6-10-17(14)23/h4-10H,11-12H2,1-3H3,(H,24,29). The predicted molar refractivity (Wildman–Crippen MR) is 107 cm³/mol. The number of carbonyl (C=O) groups excluding carboxylic acids is 3. The SMILES string of the molecule is Cc1ccccc1C1(C)NC(=O)N(CC(=O)N(C)Cc2c(F)cccc2Cl)C1=O. The van der Waals surface area contributed by atoms with Crippen LogP contribution < -0.4 is 5.32 Å². The van der Waals surface area contributed by atoms with Crippen molar-refractivity contribution in [3.05, 3.63) is 70.0 Å². The second-order valence-corrected chi connectivity index (χ2v) is 7.62. The molecule has 1 fully saturated rings. The highest BCUT2D eigenvalue weighted by Gasteiger charge is 2.50. The van der Waals surface area contributed by atoms with Gasteiger partial charge < -0.3 is 10.2 Å². The van der Waals surface area contributed by atoms with Crippen molar-refractivity contribution in [2.24, 2.45) is 0 Å². The first kappa shape index (κ1) is 20.8. The summed E-state index contributed by atoms with van der Waals surface area (Å²) < 4.78 is 14.0. The van der Waals surface area contributed by atoms with Gasteiger partial charge in [0, 0.05) is 24.2 Å². The second kappa shape index (κ2) is 7.83. The summed E-state index contributed by atoms with van der Waals surface area (Å²) in [6, 6.07) is 10.9. The van der Waals surface area contributed by atoms with Crippen molar-refractivity contribution in [3.8, 4) is 0 Å². The van der Waals surface area contributed by atoms with Crippen LogP contribution in [0.2, 0.25) is 5.02 Å². The first-order valence-corrected chi connectivity index (χ1v) is 9.40. The van der Waals surface area contributed by atoms with E-state index in [1.807, 2.05) is 19.1 Å². The van der Waals surface area contributed by atoms with E-state index in [0.717, 1.165) is 10.5 Å². The minimum atomic E-state index is -1.25. The number of hydrogen-bond acceptors (Lipinski definition) is 3. The molecule has 0 saturated carbocycles. The van der Waals surface area contributed by atoms with E-state index in [1.54, 1.807) is 19.1 Å². The summed E-state index contributed by atoms with van der Waals surface area (Å²) in [5, 5.41) is 2.89. The molecule has 2 aromatic rings. The Morgan fingerprint density at radius 2 is 1.90 bits per heavy atom. The van der Waals surface area contributed by atoms with Gasteiger partial charge >= 0.3 is 6.03 Å². The molecule has 8 heteroatoms. The Morgan fingerprint density at radius 3 is 2.55 bits per heavy atom. The van der Waals surface area contributed by atoms with Gasteiger partial charge in [-0.25, -0.2) is 9.18 Å². The predicted octanol–water partition coefficient (Wildman–Crippen LogP) is 3.21. The average molecular weight is 418 g/mol. The maximum Gasteiger partial charge on any atom is 0.325 e. The van der Waals surface area contributed by atoms with Gasteiger partial charge in [-0.2, -0.15) is 0 Å². The summed E-state index contributed by atoms with van der Waals surface area (Å²) in [5.74, 6) is -1.55. The molecule has 1 atom stereocenters. The average Bonchev–Trinajstić information content (AvgIpc) is 2.88. The number of benzene rings is 2. The molecule has 1 unspecified atom stereocenters. The third-order valence-corrected chi connectivity index (χ3v) is 5.49. The number of nitrogens with one attached hydrogen (secondary N) is 1. The number of amides is 4. The summed E-state index contributed by atoms with van der Waals surface area (Å²) in [6.45, 7) is 2.93. The Hall–Kier alpha value is -2.93. The van der Waals surface area contributed by atoms with Crippen LogP contribution >= 0.6 is 11.6 Å². The molecule has 2 aromatic carbocycles. The normalized spacial score (nSPS) is 18.7. The summed E-state index contributed by atoms with van der Waals surface area (Å²) >= 11 is 6.01. The van der Waals surface area contributed by atoms with Crippen LogP contribution in [0.5, 0.6) is 0 Å². The zero-order valence-corrected chi connectivity index (χ0v) is 17.1. The van der Waals surface area contributed by atoms with Crippen LogP contribution in [0.4, 0.5) is 9.18 Å². The summed E-state index contributed by atoms with van der Waals surface area (Å²) in [7, 11) is 1.46. The molecule has 152 valence electrons. The largest absolute Gasteiger partial charge is 0.340 e. The first-order valence-electron chi connectivity index (χ1n) is 9.02. The van der Waals surface area contributed by atoms with E-state index >= 15 is 0 Å². The van der Waals surface area contributed by atoms with Crippen LogP contribution in [0.3, 0.4) is 0 Å². The van der Waals surface area contributed by atoms with Gasteiger partial charge in [0.15, 0.2) is 0 Å². The van der Waals surface area contributed by atoms with Crippen molar-refractivity contribution >= 4 is 29.4 Å². The van der Waals surface area contributed by atoms with Crippen LogP contribution in [0.15, 0.2) is 42.5 Å². The highest BCUT2D eigenvalue weighted by molar-refractivity contribution is 6.31. The molecule has 0 aliphatic carbocycles. The number of hydrogen-bond donors (Lipinski definition) is 1. The summed E-state index contributed by atoms with van der Waals surface area (Å²) in [4.78, 5) is 40.2.